The van der Waals surface area contributed by atoms with E-state index >= 15 is 0 Å². The third kappa shape index (κ3) is 4.20. The van der Waals surface area contributed by atoms with Gasteiger partial charge in [0.15, 0.2) is 0 Å². The molecule has 1 aromatic rings. The molecule has 1 atom stereocenters. The molecule has 106 valence electrons. The first kappa shape index (κ1) is 14.3. The number of likely N-dealkylation sites (N-methyl/N-ethyl adjacent to an activating group) is 1. The number of pyridine rings is 1. The largest absolute Gasteiger partial charge is 0.481 e. The van der Waals surface area contributed by atoms with Gasteiger partial charge in [0.25, 0.3) is 0 Å². The van der Waals surface area contributed by atoms with Crippen molar-refractivity contribution in [2.45, 2.75) is 51.5 Å². The molecule has 1 aliphatic carbocycles. The van der Waals surface area contributed by atoms with Crippen LogP contribution >= 0.6 is 0 Å². The molecule has 1 saturated carbocycles. The molecule has 1 N–H and O–H groups in total. The zero-order valence-electron chi connectivity index (χ0n) is 12.2. The Hall–Kier alpha value is -1.09. The lowest BCUT2D eigenvalue weighted by Crippen LogP contribution is -2.39. The molecule has 1 aliphatic rings. The van der Waals surface area contributed by atoms with Crippen molar-refractivity contribution < 1.29 is 4.74 Å². The lowest BCUT2D eigenvalue weighted by molar-refractivity contribution is 0.269. The Morgan fingerprint density at radius 3 is 2.68 bits per heavy atom. The third-order valence-corrected chi connectivity index (χ3v) is 4.15. The van der Waals surface area contributed by atoms with Gasteiger partial charge < -0.3 is 10.1 Å². The summed E-state index contributed by atoms with van der Waals surface area (Å²) in [6.45, 7) is 3.24. The Balaban J connectivity index is 1.97. The zero-order valence-corrected chi connectivity index (χ0v) is 12.2. The van der Waals surface area contributed by atoms with Gasteiger partial charge in [-0.25, -0.2) is 4.98 Å². The van der Waals surface area contributed by atoms with Gasteiger partial charge in [-0.3, -0.25) is 0 Å². The van der Waals surface area contributed by atoms with Gasteiger partial charge in [0, 0.05) is 18.3 Å². The fourth-order valence-electron chi connectivity index (χ4n) is 3.11. The van der Waals surface area contributed by atoms with Crippen LogP contribution in [0.4, 0.5) is 0 Å². The molecule has 19 heavy (non-hydrogen) atoms. The summed E-state index contributed by atoms with van der Waals surface area (Å²) in [4.78, 5) is 4.31. The van der Waals surface area contributed by atoms with Crippen molar-refractivity contribution in [2.24, 2.45) is 5.92 Å². The van der Waals surface area contributed by atoms with E-state index < -0.39 is 0 Å². The number of aromatic nitrogens is 1. The van der Waals surface area contributed by atoms with E-state index in [-0.39, 0.29) is 0 Å². The summed E-state index contributed by atoms with van der Waals surface area (Å²) in [6.07, 6.45) is 9.99. The fraction of sp³-hybridized carbons (Fsp3) is 0.688. The van der Waals surface area contributed by atoms with Crippen LogP contribution in [-0.2, 0) is 6.42 Å². The molecule has 1 fully saturated rings. The summed E-state index contributed by atoms with van der Waals surface area (Å²) in [5, 5.41) is 3.67. The van der Waals surface area contributed by atoms with Gasteiger partial charge in [-0.05, 0) is 37.3 Å². The first-order valence-electron chi connectivity index (χ1n) is 7.55. The number of ether oxygens (including phenoxy) is 1. The highest BCUT2D eigenvalue weighted by atomic mass is 16.5. The maximum absolute atomic E-state index is 5.11. The summed E-state index contributed by atoms with van der Waals surface area (Å²) >= 11 is 0. The van der Waals surface area contributed by atoms with E-state index in [1.54, 1.807) is 7.11 Å². The minimum Gasteiger partial charge on any atom is -0.481 e. The molecule has 0 radical (unpaired) electrons. The first-order chi connectivity index (χ1) is 9.33. The highest BCUT2D eigenvalue weighted by Gasteiger charge is 2.23. The van der Waals surface area contributed by atoms with Gasteiger partial charge >= 0.3 is 0 Å². The van der Waals surface area contributed by atoms with E-state index in [2.05, 4.69) is 23.3 Å². The van der Waals surface area contributed by atoms with E-state index in [1.165, 1.54) is 37.7 Å². The van der Waals surface area contributed by atoms with Crippen molar-refractivity contribution in [1.82, 2.24) is 10.3 Å². The van der Waals surface area contributed by atoms with E-state index in [4.69, 9.17) is 4.74 Å². The van der Waals surface area contributed by atoms with Crippen molar-refractivity contribution >= 4 is 0 Å². The minimum atomic E-state index is 0.598. The Labute approximate surface area is 116 Å². The lowest BCUT2D eigenvalue weighted by Gasteiger charge is -2.31. The molecular weight excluding hydrogens is 236 g/mol. The Kier molecular flexibility index (Phi) is 5.64. The van der Waals surface area contributed by atoms with Crippen LogP contribution in [0.1, 0.15) is 44.6 Å². The quantitative estimate of drug-likeness (QED) is 0.855. The Bertz CT molecular complexity index is 358. The average Bonchev–Trinajstić information content (AvgIpc) is 2.48. The van der Waals surface area contributed by atoms with Crippen LogP contribution in [0.15, 0.2) is 18.3 Å². The van der Waals surface area contributed by atoms with Gasteiger partial charge in [0.05, 0.1) is 7.11 Å². The molecule has 0 amide bonds. The van der Waals surface area contributed by atoms with Gasteiger partial charge in [-0.15, -0.1) is 0 Å². The summed E-state index contributed by atoms with van der Waals surface area (Å²) in [6, 6.07) is 4.69. The molecule has 3 heteroatoms. The van der Waals surface area contributed by atoms with Crippen molar-refractivity contribution in [2.75, 3.05) is 13.7 Å². The van der Waals surface area contributed by atoms with E-state index in [0.29, 0.717) is 11.9 Å². The minimum absolute atomic E-state index is 0.598. The molecule has 1 heterocycles. The van der Waals surface area contributed by atoms with Crippen molar-refractivity contribution in [3.05, 3.63) is 23.9 Å². The summed E-state index contributed by atoms with van der Waals surface area (Å²) < 4.78 is 5.11. The van der Waals surface area contributed by atoms with Crippen LogP contribution in [-0.4, -0.2) is 24.7 Å². The number of nitrogens with zero attached hydrogens (tertiary/aromatic N) is 1. The molecule has 0 bridgehead atoms. The monoisotopic (exact) mass is 262 g/mol. The van der Waals surface area contributed by atoms with Gasteiger partial charge in [0.2, 0.25) is 5.88 Å². The second-order valence-corrected chi connectivity index (χ2v) is 5.48. The van der Waals surface area contributed by atoms with Crippen LogP contribution < -0.4 is 10.1 Å². The average molecular weight is 262 g/mol. The van der Waals surface area contributed by atoms with Gasteiger partial charge in [0.1, 0.15) is 0 Å². The maximum Gasteiger partial charge on any atom is 0.212 e. The summed E-state index contributed by atoms with van der Waals surface area (Å²) in [7, 11) is 1.66. The molecule has 1 aromatic heterocycles. The number of methoxy groups -OCH3 is 1. The van der Waals surface area contributed by atoms with Crippen LogP contribution in [0.25, 0.3) is 0 Å². The molecule has 0 aliphatic heterocycles. The summed E-state index contributed by atoms with van der Waals surface area (Å²) in [5.41, 5.74) is 1.30. The Morgan fingerprint density at radius 2 is 2.11 bits per heavy atom. The Morgan fingerprint density at radius 1 is 1.32 bits per heavy atom. The summed E-state index contributed by atoms with van der Waals surface area (Å²) in [5.74, 6) is 1.53. The van der Waals surface area contributed by atoms with Crippen LogP contribution in [0.5, 0.6) is 5.88 Å². The van der Waals surface area contributed by atoms with Gasteiger partial charge in [-0.2, -0.15) is 0 Å². The van der Waals surface area contributed by atoms with Gasteiger partial charge in [-0.1, -0.05) is 32.3 Å². The number of nitrogens with one attached hydrogen (secondary N) is 1. The predicted molar refractivity (Wildman–Crippen MR) is 78.5 cm³/mol. The van der Waals surface area contributed by atoms with E-state index in [0.717, 1.165) is 18.9 Å². The number of rotatable bonds is 6. The SMILES string of the molecule is CCNC(Cc1ccc(OC)nc1)C1CCCCC1. The van der Waals surface area contributed by atoms with E-state index in [9.17, 15) is 0 Å². The first-order valence-corrected chi connectivity index (χ1v) is 7.55. The van der Waals surface area contributed by atoms with Crippen LogP contribution in [0, 0.1) is 5.92 Å². The highest BCUT2D eigenvalue weighted by Crippen LogP contribution is 2.28. The second kappa shape index (κ2) is 7.49. The molecular formula is C16H26N2O. The number of hydrogen-bond acceptors (Lipinski definition) is 3. The number of hydrogen-bond donors (Lipinski definition) is 1. The highest BCUT2D eigenvalue weighted by molar-refractivity contribution is 5.18. The van der Waals surface area contributed by atoms with Crippen molar-refractivity contribution in [3.8, 4) is 5.88 Å². The fourth-order valence-corrected chi connectivity index (χ4v) is 3.11. The molecule has 3 nitrogen and oxygen atoms in total. The predicted octanol–water partition coefficient (Wildman–Crippen LogP) is 3.19. The van der Waals surface area contributed by atoms with Crippen molar-refractivity contribution in [1.29, 1.82) is 0 Å². The molecule has 1 unspecified atom stereocenters. The molecule has 0 spiro atoms. The zero-order chi connectivity index (χ0) is 13.5. The third-order valence-electron chi connectivity index (χ3n) is 4.15. The molecule has 0 saturated heterocycles. The second-order valence-electron chi connectivity index (χ2n) is 5.48. The van der Waals surface area contributed by atoms with Crippen molar-refractivity contribution in [3.63, 3.8) is 0 Å². The smallest absolute Gasteiger partial charge is 0.212 e. The molecule has 0 aromatic carbocycles. The molecule has 2 rings (SSSR count). The standard InChI is InChI=1S/C16H26N2O/c1-3-17-15(14-7-5-4-6-8-14)11-13-9-10-16(19-2)18-12-13/h9-10,12,14-15,17H,3-8,11H2,1-2H3. The topological polar surface area (TPSA) is 34.1 Å². The lowest BCUT2D eigenvalue weighted by atomic mass is 9.81. The van der Waals surface area contributed by atoms with Crippen LogP contribution in [0.2, 0.25) is 0 Å². The van der Waals surface area contributed by atoms with E-state index in [1.807, 2.05) is 12.3 Å². The normalized spacial score (nSPS) is 18.2. The maximum atomic E-state index is 5.11. The van der Waals surface area contributed by atoms with Crippen LogP contribution in [0.3, 0.4) is 0 Å².